The molecule has 1 N–H and O–H groups in total. The molecule has 0 aromatic rings. The van der Waals surface area contributed by atoms with Crippen LogP contribution < -0.4 is 5.32 Å². The van der Waals surface area contributed by atoms with E-state index in [1.807, 2.05) is 0 Å². The number of rotatable bonds is 0. The zero-order valence-corrected chi connectivity index (χ0v) is 6.46. The Labute approximate surface area is 69.0 Å². The number of hydrogen-bond acceptors (Lipinski definition) is 4. The standard InChI is InChI=1S/C7H9NO4/c9-5-7(8-6(10)12-5)1-3-11-4-2-7/h1-4H2,(H,8,10). The first-order valence-electron chi connectivity index (χ1n) is 3.85. The Morgan fingerprint density at radius 1 is 1.25 bits per heavy atom. The van der Waals surface area contributed by atoms with Crippen molar-refractivity contribution in [3.8, 4) is 0 Å². The average Bonchev–Trinajstić information content (AvgIpc) is 2.29. The Morgan fingerprint density at radius 2 is 1.92 bits per heavy atom. The van der Waals surface area contributed by atoms with Crippen molar-refractivity contribution in [1.82, 2.24) is 5.32 Å². The second kappa shape index (κ2) is 2.45. The van der Waals surface area contributed by atoms with Gasteiger partial charge in [-0.2, -0.15) is 0 Å². The van der Waals surface area contributed by atoms with Gasteiger partial charge in [0.15, 0.2) is 0 Å². The van der Waals surface area contributed by atoms with E-state index in [0.29, 0.717) is 26.1 Å². The summed E-state index contributed by atoms with van der Waals surface area (Å²) in [5.74, 6) is -0.462. The summed E-state index contributed by atoms with van der Waals surface area (Å²) >= 11 is 0. The number of nitrogens with one attached hydrogen (secondary N) is 1. The first kappa shape index (κ1) is 7.54. The van der Waals surface area contributed by atoms with Crippen LogP contribution in [0.15, 0.2) is 0 Å². The molecule has 5 nitrogen and oxygen atoms in total. The van der Waals surface area contributed by atoms with E-state index in [9.17, 15) is 9.59 Å². The highest BCUT2D eigenvalue weighted by atomic mass is 16.6. The molecule has 2 saturated heterocycles. The second-order valence-electron chi connectivity index (χ2n) is 3.00. The van der Waals surface area contributed by atoms with Gasteiger partial charge in [0, 0.05) is 26.1 Å². The Morgan fingerprint density at radius 3 is 2.42 bits per heavy atom. The van der Waals surface area contributed by atoms with Crippen molar-refractivity contribution in [3.05, 3.63) is 0 Å². The number of ether oxygens (including phenoxy) is 2. The fourth-order valence-corrected chi connectivity index (χ4v) is 1.50. The summed E-state index contributed by atoms with van der Waals surface area (Å²) in [7, 11) is 0. The molecule has 2 aliphatic heterocycles. The Kier molecular flexibility index (Phi) is 1.54. The van der Waals surface area contributed by atoms with Crippen LogP contribution in [0.25, 0.3) is 0 Å². The number of carbonyl (C=O) groups excluding carboxylic acids is 2. The quantitative estimate of drug-likeness (QED) is 0.405. The van der Waals surface area contributed by atoms with Gasteiger partial charge in [-0.05, 0) is 0 Å². The lowest BCUT2D eigenvalue weighted by Gasteiger charge is -2.28. The molecule has 2 fully saturated rings. The molecule has 0 saturated carbocycles. The van der Waals surface area contributed by atoms with Crippen molar-refractivity contribution >= 4 is 12.1 Å². The van der Waals surface area contributed by atoms with Gasteiger partial charge in [-0.1, -0.05) is 0 Å². The lowest BCUT2D eigenvalue weighted by Crippen LogP contribution is -2.50. The first-order chi connectivity index (χ1) is 5.73. The molecule has 5 heteroatoms. The molecule has 2 aliphatic rings. The van der Waals surface area contributed by atoms with E-state index in [-0.39, 0.29) is 0 Å². The Balaban J connectivity index is 2.18. The first-order valence-corrected chi connectivity index (χ1v) is 3.85. The lowest BCUT2D eigenvalue weighted by atomic mass is 9.91. The Bertz CT molecular complexity index is 232. The van der Waals surface area contributed by atoms with E-state index in [4.69, 9.17) is 4.74 Å². The fraction of sp³-hybridized carbons (Fsp3) is 0.714. The summed E-state index contributed by atoms with van der Waals surface area (Å²) in [6.45, 7) is 0.991. The predicted molar refractivity (Wildman–Crippen MR) is 37.4 cm³/mol. The molecule has 0 aliphatic carbocycles. The van der Waals surface area contributed by atoms with Gasteiger partial charge in [-0.3, -0.25) is 0 Å². The van der Waals surface area contributed by atoms with Crippen LogP contribution in [0, 0.1) is 0 Å². The SMILES string of the molecule is O=C1NC2(CCOCC2)C(=O)O1. The van der Waals surface area contributed by atoms with E-state index in [1.54, 1.807) is 0 Å². The number of cyclic esters (lactones) is 2. The number of carbonyl (C=O) groups is 2. The van der Waals surface area contributed by atoms with Crippen molar-refractivity contribution in [3.63, 3.8) is 0 Å². The van der Waals surface area contributed by atoms with Gasteiger partial charge in [0.25, 0.3) is 0 Å². The number of esters is 1. The number of hydrogen-bond donors (Lipinski definition) is 1. The third-order valence-corrected chi connectivity index (χ3v) is 2.26. The zero-order chi connectivity index (χ0) is 8.60. The molecular formula is C7H9NO4. The van der Waals surface area contributed by atoms with Crippen LogP contribution in [0.3, 0.4) is 0 Å². The van der Waals surface area contributed by atoms with Gasteiger partial charge in [-0.15, -0.1) is 0 Å². The summed E-state index contributed by atoms with van der Waals surface area (Å²) in [6, 6.07) is 0. The summed E-state index contributed by atoms with van der Waals surface area (Å²) in [4.78, 5) is 21.9. The van der Waals surface area contributed by atoms with E-state index in [1.165, 1.54) is 0 Å². The van der Waals surface area contributed by atoms with Crippen molar-refractivity contribution < 1.29 is 19.1 Å². The zero-order valence-electron chi connectivity index (χ0n) is 6.46. The summed E-state index contributed by atoms with van der Waals surface area (Å²) < 4.78 is 9.49. The number of alkyl carbamates (subject to hydrolysis) is 1. The minimum absolute atomic E-state index is 0.462. The van der Waals surface area contributed by atoms with Crippen LogP contribution >= 0.6 is 0 Å². The van der Waals surface area contributed by atoms with Gasteiger partial charge in [0.2, 0.25) is 0 Å². The summed E-state index contributed by atoms with van der Waals surface area (Å²) in [5, 5.41) is 2.53. The molecule has 12 heavy (non-hydrogen) atoms. The predicted octanol–water partition coefficient (Wildman–Crippen LogP) is -0.198. The van der Waals surface area contributed by atoms with Crippen molar-refractivity contribution in [2.75, 3.05) is 13.2 Å². The monoisotopic (exact) mass is 171 g/mol. The van der Waals surface area contributed by atoms with Crippen LogP contribution in [-0.2, 0) is 14.3 Å². The van der Waals surface area contributed by atoms with E-state index in [0.717, 1.165) is 0 Å². The van der Waals surface area contributed by atoms with E-state index >= 15 is 0 Å². The maximum atomic E-state index is 11.2. The highest BCUT2D eigenvalue weighted by Crippen LogP contribution is 2.26. The van der Waals surface area contributed by atoms with Crippen LogP contribution in [0.5, 0.6) is 0 Å². The maximum Gasteiger partial charge on any atom is 0.415 e. The number of amides is 1. The highest BCUT2D eigenvalue weighted by molar-refractivity contribution is 5.98. The fourth-order valence-electron chi connectivity index (χ4n) is 1.50. The smallest absolute Gasteiger partial charge is 0.381 e. The molecular weight excluding hydrogens is 162 g/mol. The Hall–Kier alpha value is -1.10. The minimum atomic E-state index is -0.782. The van der Waals surface area contributed by atoms with Crippen LogP contribution in [-0.4, -0.2) is 30.8 Å². The van der Waals surface area contributed by atoms with Gasteiger partial charge >= 0.3 is 12.1 Å². The molecule has 1 spiro atoms. The van der Waals surface area contributed by atoms with Crippen LogP contribution in [0.1, 0.15) is 12.8 Å². The molecule has 2 rings (SSSR count). The van der Waals surface area contributed by atoms with Gasteiger partial charge in [0.05, 0.1) is 0 Å². The van der Waals surface area contributed by atoms with Gasteiger partial charge < -0.3 is 14.8 Å². The molecule has 0 unspecified atom stereocenters. The minimum Gasteiger partial charge on any atom is -0.381 e. The average molecular weight is 171 g/mol. The largest absolute Gasteiger partial charge is 0.415 e. The maximum absolute atomic E-state index is 11.2. The summed E-state index contributed by atoms with van der Waals surface area (Å²) in [6.07, 6.45) is 0.386. The van der Waals surface area contributed by atoms with E-state index in [2.05, 4.69) is 10.1 Å². The van der Waals surface area contributed by atoms with Gasteiger partial charge in [0.1, 0.15) is 5.54 Å². The molecule has 0 atom stereocenters. The normalized spacial score (nSPS) is 27.0. The van der Waals surface area contributed by atoms with Crippen LogP contribution in [0.2, 0.25) is 0 Å². The van der Waals surface area contributed by atoms with Crippen LogP contribution in [0.4, 0.5) is 4.79 Å². The third kappa shape index (κ3) is 0.972. The molecule has 0 bridgehead atoms. The molecule has 0 radical (unpaired) electrons. The van der Waals surface area contributed by atoms with Crippen molar-refractivity contribution in [1.29, 1.82) is 0 Å². The van der Waals surface area contributed by atoms with Crippen molar-refractivity contribution in [2.45, 2.75) is 18.4 Å². The lowest BCUT2D eigenvalue weighted by molar-refractivity contribution is -0.142. The van der Waals surface area contributed by atoms with Crippen molar-refractivity contribution in [2.24, 2.45) is 0 Å². The van der Waals surface area contributed by atoms with Gasteiger partial charge in [-0.25, -0.2) is 9.59 Å². The highest BCUT2D eigenvalue weighted by Gasteiger charge is 2.49. The third-order valence-electron chi connectivity index (χ3n) is 2.26. The molecule has 1 amide bonds. The molecule has 0 aromatic carbocycles. The molecule has 0 aromatic heterocycles. The molecule has 2 heterocycles. The second-order valence-corrected chi connectivity index (χ2v) is 3.00. The topological polar surface area (TPSA) is 64.6 Å². The molecule has 66 valence electrons. The summed E-state index contributed by atoms with van der Waals surface area (Å²) in [5.41, 5.74) is -0.782. The van der Waals surface area contributed by atoms with E-state index < -0.39 is 17.6 Å².